The van der Waals surface area contributed by atoms with E-state index in [1.54, 1.807) is 0 Å². The zero-order valence-electron chi connectivity index (χ0n) is 13.8. The van der Waals surface area contributed by atoms with Gasteiger partial charge in [0.05, 0.1) is 0 Å². The molecule has 5 nitrogen and oxygen atoms in total. The molecule has 0 saturated carbocycles. The second-order valence-corrected chi connectivity index (χ2v) is 6.52. The van der Waals surface area contributed by atoms with Crippen LogP contribution in [0.4, 0.5) is 0 Å². The Bertz CT molecular complexity index is 446. The molecular formula is C17H28N2O3. The Hall–Kier alpha value is -1.43. The predicted octanol–water partition coefficient (Wildman–Crippen LogP) is 1.33. The van der Waals surface area contributed by atoms with Gasteiger partial charge in [-0.2, -0.15) is 0 Å². The molecule has 0 aliphatic carbocycles. The highest BCUT2D eigenvalue weighted by Gasteiger charge is 2.32. The highest BCUT2D eigenvalue weighted by molar-refractivity contribution is 5.37. The molecule has 1 heterocycles. The number of nitrogens with one attached hydrogen (secondary N) is 1. The minimum Gasteiger partial charge on any atom is -0.462 e. The number of ether oxygens (including phenoxy) is 1. The van der Waals surface area contributed by atoms with Crippen LogP contribution in [-0.2, 0) is 21.6 Å². The maximum Gasteiger partial charge on any atom is 0.293 e. The summed E-state index contributed by atoms with van der Waals surface area (Å²) in [6, 6.07) is 8.13. The van der Waals surface area contributed by atoms with Gasteiger partial charge >= 0.3 is 0 Å². The minimum absolute atomic E-state index is 0.318. The van der Waals surface area contributed by atoms with E-state index in [0.29, 0.717) is 19.6 Å². The third-order valence-corrected chi connectivity index (χ3v) is 3.46. The first-order valence-corrected chi connectivity index (χ1v) is 7.65. The molecular weight excluding hydrogens is 280 g/mol. The van der Waals surface area contributed by atoms with Gasteiger partial charge in [0.1, 0.15) is 11.2 Å². The van der Waals surface area contributed by atoms with Crippen LogP contribution in [0, 0.1) is 0 Å². The number of carbonyl (C=O) groups is 1. The molecule has 5 heteroatoms. The van der Waals surface area contributed by atoms with E-state index in [1.165, 1.54) is 5.56 Å². The fraction of sp³-hybridized carbons (Fsp3) is 0.588. The summed E-state index contributed by atoms with van der Waals surface area (Å²) >= 11 is 0. The minimum atomic E-state index is -0.665. The Morgan fingerprint density at radius 2 is 2.00 bits per heavy atom. The van der Waals surface area contributed by atoms with Crippen LogP contribution in [0.3, 0.4) is 0 Å². The molecule has 1 aliphatic rings. The fourth-order valence-corrected chi connectivity index (χ4v) is 2.22. The van der Waals surface area contributed by atoms with Gasteiger partial charge in [-0.15, -0.1) is 0 Å². The smallest absolute Gasteiger partial charge is 0.293 e. The van der Waals surface area contributed by atoms with Crippen LogP contribution >= 0.6 is 0 Å². The van der Waals surface area contributed by atoms with E-state index in [0.717, 1.165) is 24.9 Å². The summed E-state index contributed by atoms with van der Waals surface area (Å²) in [6.07, 6.45) is 1.69. The highest BCUT2D eigenvalue weighted by atomic mass is 16.5. The van der Waals surface area contributed by atoms with Gasteiger partial charge in [0.2, 0.25) is 0 Å². The molecule has 1 saturated heterocycles. The summed E-state index contributed by atoms with van der Waals surface area (Å²) in [5, 5.41) is 13.5. The third kappa shape index (κ3) is 6.13. The van der Waals surface area contributed by atoms with Gasteiger partial charge < -0.3 is 20.9 Å². The van der Waals surface area contributed by atoms with Crippen LogP contribution in [0.2, 0.25) is 0 Å². The second kappa shape index (κ2) is 8.27. The molecule has 0 radical (unpaired) electrons. The van der Waals surface area contributed by atoms with Crippen molar-refractivity contribution in [3.63, 3.8) is 0 Å². The maximum atomic E-state index is 10.3. The Labute approximate surface area is 132 Å². The predicted molar refractivity (Wildman–Crippen MR) is 87.5 cm³/mol. The lowest BCUT2D eigenvalue weighted by molar-refractivity contribution is -0.138. The van der Waals surface area contributed by atoms with E-state index in [2.05, 4.69) is 22.2 Å². The highest BCUT2D eigenvalue weighted by Crippen LogP contribution is 2.27. The first-order valence-electron chi connectivity index (χ1n) is 7.65. The standard InChI is InChI=1S/C12H18N2O.C5H10O2/c13-7-5-10-1-3-11(4-2-10)12(15)6-8-14-9-12;1-5(2,3)7-4-6/h1-4,14-15H,5-9,13H2;4H,1-3H3. The van der Waals surface area contributed by atoms with Crippen LogP contribution in [0.5, 0.6) is 0 Å². The molecule has 1 atom stereocenters. The molecule has 0 aromatic heterocycles. The quantitative estimate of drug-likeness (QED) is 0.731. The molecule has 1 aromatic rings. The summed E-state index contributed by atoms with van der Waals surface area (Å²) in [4.78, 5) is 9.60. The average molecular weight is 308 g/mol. The number of rotatable bonds is 4. The van der Waals surface area contributed by atoms with Crippen molar-refractivity contribution >= 4 is 6.47 Å². The number of hydrogen-bond donors (Lipinski definition) is 3. The number of benzene rings is 1. The van der Waals surface area contributed by atoms with E-state index in [4.69, 9.17) is 5.73 Å². The monoisotopic (exact) mass is 308 g/mol. The number of nitrogens with two attached hydrogens (primary N) is 1. The van der Waals surface area contributed by atoms with Gasteiger partial charge in [0, 0.05) is 6.54 Å². The van der Waals surface area contributed by atoms with Crippen molar-refractivity contribution in [1.82, 2.24) is 5.32 Å². The topological polar surface area (TPSA) is 84.6 Å². The lowest BCUT2D eigenvalue weighted by atomic mass is 9.92. The van der Waals surface area contributed by atoms with Gasteiger partial charge in [-0.25, -0.2) is 0 Å². The lowest BCUT2D eigenvalue weighted by Crippen LogP contribution is -2.28. The number of hydrogen-bond acceptors (Lipinski definition) is 5. The molecule has 2 rings (SSSR count). The molecule has 1 unspecified atom stereocenters. The van der Waals surface area contributed by atoms with E-state index in [-0.39, 0.29) is 5.60 Å². The van der Waals surface area contributed by atoms with Crippen molar-refractivity contribution in [2.24, 2.45) is 5.73 Å². The molecule has 4 N–H and O–H groups in total. The van der Waals surface area contributed by atoms with Gasteiger partial charge in [0.25, 0.3) is 6.47 Å². The maximum absolute atomic E-state index is 10.3. The summed E-state index contributed by atoms with van der Waals surface area (Å²) < 4.78 is 4.55. The van der Waals surface area contributed by atoms with Crippen molar-refractivity contribution in [2.75, 3.05) is 19.6 Å². The number of carbonyl (C=O) groups excluding carboxylic acids is 1. The first kappa shape index (κ1) is 18.6. The average Bonchev–Trinajstić information content (AvgIpc) is 2.87. The van der Waals surface area contributed by atoms with Gasteiger partial charge in [-0.3, -0.25) is 4.79 Å². The van der Waals surface area contributed by atoms with Crippen LogP contribution in [0.1, 0.15) is 38.3 Å². The Morgan fingerprint density at radius 3 is 2.36 bits per heavy atom. The Kier molecular flexibility index (Phi) is 7.00. The zero-order valence-corrected chi connectivity index (χ0v) is 13.8. The first-order chi connectivity index (χ1) is 10.3. The molecule has 0 bridgehead atoms. The summed E-state index contributed by atoms with van der Waals surface area (Å²) in [7, 11) is 0. The molecule has 22 heavy (non-hydrogen) atoms. The van der Waals surface area contributed by atoms with E-state index in [1.807, 2.05) is 32.9 Å². The fourth-order valence-electron chi connectivity index (χ4n) is 2.22. The number of aliphatic hydroxyl groups is 1. The molecule has 1 fully saturated rings. The molecule has 1 aromatic carbocycles. The van der Waals surface area contributed by atoms with Crippen LogP contribution < -0.4 is 11.1 Å². The normalized spacial score (nSPS) is 21.0. The molecule has 124 valence electrons. The SMILES string of the molecule is CC(C)(C)OC=O.NCCc1ccc(C2(O)CCNC2)cc1. The lowest BCUT2D eigenvalue weighted by Gasteiger charge is -2.21. The molecule has 1 aliphatic heterocycles. The van der Waals surface area contributed by atoms with E-state index < -0.39 is 5.60 Å². The van der Waals surface area contributed by atoms with Crippen LogP contribution in [0.15, 0.2) is 24.3 Å². The van der Waals surface area contributed by atoms with Crippen LogP contribution in [-0.4, -0.2) is 36.8 Å². The zero-order chi connectivity index (χ0) is 16.6. The van der Waals surface area contributed by atoms with Crippen LogP contribution in [0.25, 0.3) is 0 Å². The summed E-state index contributed by atoms with van der Waals surface area (Å²) in [6.45, 7) is 8.14. The molecule has 0 spiro atoms. The van der Waals surface area contributed by atoms with Crippen molar-refractivity contribution < 1.29 is 14.6 Å². The van der Waals surface area contributed by atoms with Crippen molar-refractivity contribution in [3.8, 4) is 0 Å². The Balaban J connectivity index is 0.000000295. The van der Waals surface area contributed by atoms with Gasteiger partial charge in [0.15, 0.2) is 0 Å². The van der Waals surface area contributed by atoms with Crippen molar-refractivity contribution in [1.29, 1.82) is 0 Å². The van der Waals surface area contributed by atoms with Crippen molar-refractivity contribution in [3.05, 3.63) is 35.4 Å². The van der Waals surface area contributed by atoms with Gasteiger partial charge in [-0.1, -0.05) is 24.3 Å². The summed E-state index contributed by atoms with van der Waals surface area (Å²) in [5.41, 5.74) is 6.74. The van der Waals surface area contributed by atoms with E-state index >= 15 is 0 Å². The Morgan fingerprint density at radius 1 is 1.36 bits per heavy atom. The number of β-amino-alcohol motifs (C(OH)–C–C–N with tert-alkyl or cyclic N) is 1. The largest absolute Gasteiger partial charge is 0.462 e. The second-order valence-electron chi connectivity index (χ2n) is 6.52. The summed E-state index contributed by atoms with van der Waals surface area (Å²) in [5.74, 6) is 0. The van der Waals surface area contributed by atoms with Gasteiger partial charge in [-0.05, 0) is 57.8 Å². The van der Waals surface area contributed by atoms with E-state index in [9.17, 15) is 9.90 Å². The third-order valence-electron chi connectivity index (χ3n) is 3.46. The van der Waals surface area contributed by atoms with Crippen molar-refractivity contribution in [2.45, 2.75) is 44.8 Å². The molecule has 0 amide bonds.